The van der Waals surface area contributed by atoms with Crippen LogP contribution in [0.25, 0.3) is 0 Å². The maximum atomic E-state index is 12.1. The van der Waals surface area contributed by atoms with Gasteiger partial charge in [0, 0.05) is 17.8 Å². The number of hydrogen-bond acceptors (Lipinski definition) is 3. The van der Waals surface area contributed by atoms with Crippen LogP contribution in [-0.2, 0) is 17.9 Å². The lowest BCUT2D eigenvalue weighted by Crippen LogP contribution is -2.40. The molecule has 1 atom stereocenters. The van der Waals surface area contributed by atoms with E-state index in [0.29, 0.717) is 6.54 Å². The predicted octanol–water partition coefficient (Wildman–Crippen LogP) is 1.92. The number of hydrogen-bond donors (Lipinski definition) is 2. The van der Waals surface area contributed by atoms with Crippen molar-refractivity contribution < 1.29 is 4.79 Å². The molecule has 0 bridgehead atoms. The van der Waals surface area contributed by atoms with Gasteiger partial charge in [-0.15, -0.1) is 0 Å². The fourth-order valence-corrected chi connectivity index (χ4v) is 3.11. The lowest BCUT2D eigenvalue weighted by Gasteiger charge is -2.11. The van der Waals surface area contributed by atoms with Crippen LogP contribution in [-0.4, -0.2) is 28.3 Å². The maximum Gasteiger partial charge on any atom is 0.237 e. The average molecular weight is 312 g/mol. The molecule has 2 heterocycles. The molecule has 1 aliphatic heterocycles. The monoisotopic (exact) mass is 312 g/mol. The highest BCUT2D eigenvalue weighted by atomic mass is 16.2. The van der Waals surface area contributed by atoms with Gasteiger partial charge in [-0.25, -0.2) is 0 Å². The quantitative estimate of drug-likeness (QED) is 0.887. The summed E-state index contributed by atoms with van der Waals surface area (Å²) in [5.74, 6) is 0.0945. The first-order valence-corrected chi connectivity index (χ1v) is 8.23. The number of carbonyl (C=O) groups excluding carboxylic acids is 1. The third kappa shape index (κ3) is 3.62. The van der Waals surface area contributed by atoms with Crippen molar-refractivity contribution in [3.05, 3.63) is 52.8 Å². The molecule has 2 N–H and O–H groups in total. The molecule has 5 nitrogen and oxygen atoms in total. The molecule has 1 fully saturated rings. The third-order valence-electron chi connectivity index (χ3n) is 4.52. The van der Waals surface area contributed by atoms with E-state index in [2.05, 4.69) is 34.8 Å². The first kappa shape index (κ1) is 15.7. The van der Waals surface area contributed by atoms with Gasteiger partial charge in [0.1, 0.15) is 0 Å². The van der Waals surface area contributed by atoms with Crippen LogP contribution in [0.15, 0.2) is 30.3 Å². The van der Waals surface area contributed by atoms with Crippen LogP contribution in [0, 0.1) is 13.8 Å². The van der Waals surface area contributed by atoms with Crippen LogP contribution < -0.4 is 10.6 Å². The zero-order valence-electron chi connectivity index (χ0n) is 13.8. The van der Waals surface area contributed by atoms with Gasteiger partial charge in [-0.2, -0.15) is 5.10 Å². The SMILES string of the molecule is Cc1nn(Cc2ccccc2)c(C)c1CNC(=O)C1CCCN1. The number of nitrogens with one attached hydrogen (secondary N) is 2. The standard InChI is InChI=1S/C18H24N4O/c1-13-16(11-20-18(23)17-9-6-10-19-17)14(2)22(21-13)12-15-7-4-3-5-8-15/h3-5,7-8,17,19H,6,9-12H2,1-2H3,(H,20,23). The van der Waals surface area contributed by atoms with Crippen LogP contribution in [0.3, 0.4) is 0 Å². The fraction of sp³-hybridized carbons (Fsp3) is 0.444. The lowest BCUT2D eigenvalue weighted by atomic mass is 10.1. The molecule has 0 spiro atoms. The van der Waals surface area contributed by atoms with Gasteiger partial charge in [0.2, 0.25) is 5.91 Å². The van der Waals surface area contributed by atoms with Crippen LogP contribution in [0.4, 0.5) is 0 Å². The summed E-state index contributed by atoms with van der Waals surface area (Å²) in [4.78, 5) is 12.1. The van der Waals surface area contributed by atoms with Crippen molar-refractivity contribution in [2.75, 3.05) is 6.54 Å². The first-order valence-electron chi connectivity index (χ1n) is 8.23. The molecular weight excluding hydrogens is 288 g/mol. The van der Waals surface area contributed by atoms with E-state index >= 15 is 0 Å². The number of carbonyl (C=O) groups is 1. The second kappa shape index (κ2) is 6.96. The third-order valence-corrected chi connectivity index (χ3v) is 4.52. The zero-order valence-corrected chi connectivity index (χ0v) is 13.8. The van der Waals surface area contributed by atoms with E-state index in [1.54, 1.807) is 0 Å². The van der Waals surface area contributed by atoms with Gasteiger partial charge >= 0.3 is 0 Å². The molecule has 1 aromatic heterocycles. The molecule has 0 saturated carbocycles. The first-order chi connectivity index (χ1) is 11.1. The summed E-state index contributed by atoms with van der Waals surface area (Å²) in [5, 5.41) is 10.9. The Morgan fingerprint density at radius 2 is 2.13 bits per heavy atom. The van der Waals surface area contributed by atoms with Gasteiger partial charge in [0.25, 0.3) is 0 Å². The number of nitrogens with zero attached hydrogens (tertiary/aromatic N) is 2. The summed E-state index contributed by atoms with van der Waals surface area (Å²) in [6.45, 7) is 6.31. The highest BCUT2D eigenvalue weighted by Crippen LogP contribution is 2.15. The van der Waals surface area contributed by atoms with Crippen molar-refractivity contribution in [3.63, 3.8) is 0 Å². The molecule has 1 aliphatic rings. The van der Waals surface area contributed by atoms with E-state index in [9.17, 15) is 4.79 Å². The largest absolute Gasteiger partial charge is 0.351 e. The van der Waals surface area contributed by atoms with Crippen LogP contribution >= 0.6 is 0 Å². The Morgan fingerprint density at radius 3 is 2.83 bits per heavy atom. The Balaban J connectivity index is 1.67. The Bertz CT molecular complexity index is 672. The number of amides is 1. The number of rotatable bonds is 5. The molecular formula is C18H24N4O. The van der Waals surface area contributed by atoms with Crippen molar-refractivity contribution in [2.24, 2.45) is 0 Å². The second-order valence-corrected chi connectivity index (χ2v) is 6.16. The molecule has 2 aromatic rings. The molecule has 0 radical (unpaired) electrons. The summed E-state index contributed by atoms with van der Waals surface area (Å²) in [6, 6.07) is 10.3. The molecule has 23 heavy (non-hydrogen) atoms. The summed E-state index contributed by atoms with van der Waals surface area (Å²) in [5.41, 5.74) is 4.44. The molecule has 5 heteroatoms. The summed E-state index contributed by atoms with van der Waals surface area (Å²) >= 11 is 0. The van der Waals surface area contributed by atoms with Gasteiger partial charge in [-0.05, 0) is 38.8 Å². The van der Waals surface area contributed by atoms with Crippen molar-refractivity contribution in [2.45, 2.75) is 45.8 Å². The van der Waals surface area contributed by atoms with E-state index in [1.807, 2.05) is 29.8 Å². The summed E-state index contributed by atoms with van der Waals surface area (Å²) in [6.07, 6.45) is 2.00. The average Bonchev–Trinajstić information content (AvgIpc) is 3.17. The minimum absolute atomic E-state index is 0.0324. The smallest absolute Gasteiger partial charge is 0.237 e. The van der Waals surface area contributed by atoms with Gasteiger partial charge in [-0.3, -0.25) is 9.48 Å². The minimum Gasteiger partial charge on any atom is -0.351 e. The van der Waals surface area contributed by atoms with Crippen LogP contribution in [0.5, 0.6) is 0 Å². The molecule has 1 amide bonds. The predicted molar refractivity (Wildman–Crippen MR) is 90.1 cm³/mol. The van der Waals surface area contributed by atoms with Gasteiger partial charge < -0.3 is 10.6 Å². The molecule has 3 rings (SSSR count). The molecule has 122 valence electrons. The van der Waals surface area contributed by atoms with E-state index in [-0.39, 0.29) is 11.9 Å². The van der Waals surface area contributed by atoms with E-state index in [1.165, 1.54) is 5.56 Å². The zero-order chi connectivity index (χ0) is 16.2. The second-order valence-electron chi connectivity index (χ2n) is 6.16. The van der Waals surface area contributed by atoms with Crippen molar-refractivity contribution >= 4 is 5.91 Å². The molecule has 1 saturated heterocycles. The van der Waals surface area contributed by atoms with Crippen molar-refractivity contribution in [1.82, 2.24) is 20.4 Å². The highest BCUT2D eigenvalue weighted by Gasteiger charge is 2.22. The van der Waals surface area contributed by atoms with Crippen LogP contribution in [0.2, 0.25) is 0 Å². The molecule has 1 unspecified atom stereocenters. The maximum absolute atomic E-state index is 12.1. The fourth-order valence-electron chi connectivity index (χ4n) is 3.11. The summed E-state index contributed by atoms with van der Waals surface area (Å²) < 4.78 is 2.01. The van der Waals surface area contributed by atoms with Crippen LogP contribution in [0.1, 0.15) is 35.4 Å². The lowest BCUT2D eigenvalue weighted by molar-refractivity contribution is -0.122. The molecule has 0 aliphatic carbocycles. The van der Waals surface area contributed by atoms with E-state index in [4.69, 9.17) is 0 Å². The molecule has 1 aromatic carbocycles. The van der Waals surface area contributed by atoms with Crippen molar-refractivity contribution in [3.8, 4) is 0 Å². The topological polar surface area (TPSA) is 59.0 Å². The number of aromatic nitrogens is 2. The van der Waals surface area contributed by atoms with E-state index in [0.717, 1.165) is 42.9 Å². The Hall–Kier alpha value is -2.14. The van der Waals surface area contributed by atoms with Crippen molar-refractivity contribution in [1.29, 1.82) is 0 Å². The minimum atomic E-state index is -0.0324. The number of aryl methyl sites for hydroxylation is 1. The Labute approximate surface area is 137 Å². The van der Waals surface area contributed by atoms with Gasteiger partial charge in [-0.1, -0.05) is 30.3 Å². The Kier molecular flexibility index (Phi) is 4.76. The normalized spacial score (nSPS) is 17.4. The van der Waals surface area contributed by atoms with Gasteiger partial charge in [0.05, 0.1) is 18.3 Å². The number of benzene rings is 1. The van der Waals surface area contributed by atoms with Gasteiger partial charge in [0.15, 0.2) is 0 Å². The Morgan fingerprint density at radius 1 is 1.35 bits per heavy atom. The summed E-state index contributed by atoms with van der Waals surface area (Å²) in [7, 11) is 0. The van der Waals surface area contributed by atoms with E-state index < -0.39 is 0 Å². The highest BCUT2D eigenvalue weighted by molar-refractivity contribution is 5.82.